The van der Waals surface area contributed by atoms with Gasteiger partial charge < -0.3 is 5.73 Å². The Hall–Kier alpha value is -0.750. The first-order chi connectivity index (χ1) is 7.47. The maximum Gasteiger partial charge on any atom is 0.0679 e. The minimum absolute atomic E-state index is 0.187. The number of rotatable bonds is 3. The fraction of sp³-hybridized carbons (Fsp3) is 0.417. The molecule has 0 amide bonds. The second-order valence-electron chi connectivity index (χ2n) is 4.09. The van der Waals surface area contributed by atoms with Gasteiger partial charge in [0.25, 0.3) is 0 Å². The topological polar surface area (TPSA) is 49.8 Å². The fourth-order valence-electron chi connectivity index (χ4n) is 1.61. The molecule has 1 rings (SSSR count). The third-order valence-electron chi connectivity index (χ3n) is 2.58. The van der Waals surface area contributed by atoms with Gasteiger partial charge in [-0.15, -0.1) is 0 Å². The van der Waals surface area contributed by atoms with Gasteiger partial charge in [0, 0.05) is 16.1 Å². The van der Waals surface area contributed by atoms with E-state index in [4.69, 9.17) is 34.2 Å². The van der Waals surface area contributed by atoms with Gasteiger partial charge in [-0.25, -0.2) is 0 Å². The maximum absolute atomic E-state index is 9.07. The van der Waals surface area contributed by atoms with Crippen molar-refractivity contribution in [1.29, 1.82) is 5.26 Å². The van der Waals surface area contributed by atoms with E-state index < -0.39 is 0 Å². The van der Waals surface area contributed by atoms with Crippen LogP contribution >= 0.6 is 23.2 Å². The van der Waals surface area contributed by atoms with Crippen molar-refractivity contribution in [3.8, 4) is 6.07 Å². The van der Waals surface area contributed by atoms with E-state index in [1.807, 2.05) is 13.8 Å². The smallest absolute Gasteiger partial charge is 0.0679 e. The van der Waals surface area contributed by atoms with E-state index in [2.05, 4.69) is 6.07 Å². The Bertz CT molecular complexity index is 410. The summed E-state index contributed by atoms with van der Waals surface area (Å²) in [6, 6.07) is 7.00. The van der Waals surface area contributed by atoms with Gasteiger partial charge in [-0.2, -0.15) is 5.26 Å². The average Bonchev–Trinajstić information content (AvgIpc) is 2.17. The molecule has 0 saturated carbocycles. The zero-order valence-electron chi connectivity index (χ0n) is 9.24. The van der Waals surface area contributed by atoms with Crippen molar-refractivity contribution in [3.05, 3.63) is 33.8 Å². The number of hydrogen-bond acceptors (Lipinski definition) is 2. The zero-order valence-corrected chi connectivity index (χ0v) is 10.8. The predicted octanol–water partition coefficient (Wildman–Crippen LogP) is 3.79. The Labute approximate surface area is 106 Å². The molecule has 2 nitrogen and oxygen atoms in total. The van der Waals surface area contributed by atoms with Crippen LogP contribution in [0.4, 0.5) is 0 Å². The summed E-state index contributed by atoms with van der Waals surface area (Å²) in [5.41, 5.74) is 6.82. The highest BCUT2D eigenvalue weighted by atomic mass is 35.5. The van der Waals surface area contributed by atoms with Crippen LogP contribution in [0, 0.1) is 23.2 Å². The Kier molecular flexibility index (Phi) is 4.61. The number of halogens is 2. The molecule has 0 aliphatic rings. The molecule has 1 aromatic carbocycles. The van der Waals surface area contributed by atoms with Crippen molar-refractivity contribution in [2.75, 3.05) is 0 Å². The van der Waals surface area contributed by atoms with Crippen molar-refractivity contribution >= 4 is 23.2 Å². The van der Waals surface area contributed by atoms with E-state index in [0.29, 0.717) is 10.0 Å². The van der Waals surface area contributed by atoms with E-state index in [1.165, 1.54) is 0 Å². The lowest BCUT2D eigenvalue weighted by molar-refractivity contribution is 0.404. The second kappa shape index (κ2) is 5.54. The molecule has 0 aromatic heterocycles. The van der Waals surface area contributed by atoms with Gasteiger partial charge in [-0.1, -0.05) is 43.1 Å². The molecule has 0 aliphatic heterocycles. The third-order valence-corrected chi connectivity index (χ3v) is 3.14. The Morgan fingerprint density at radius 2 is 1.94 bits per heavy atom. The van der Waals surface area contributed by atoms with Gasteiger partial charge in [0.1, 0.15) is 0 Å². The zero-order chi connectivity index (χ0) is 12.3. The number of hydrogen-bond donors (Lipinski definition) is 1. The van der Waals surface area contributed by atoms with Crippen LogP contribution in [-0.4, -0.2) is 0 Å². The van der Waals surface area contributed by atoms with E-state index in [0.717, 1.165) is 5.56 Å². The average molecular weight is 257 g/mol. The molecule has 0 radical (unpaired) electrons. The minimum atomic E-state index is -0.380. The number of nitrogens with zero attached hydrogens (tertiary/aromatic N) is 1. The lowest BCUT2D eigenvalue weighted by atomic mass is 9.86. The first-order valence-electron chi connectivity index (χ1n) is 5.07. The quantitative estimate of drug-likeness (QED) is 0.895. The lowest BCUT2D eigenvalue weighted by Crippen LogP contribution is -2.24. The van der Waals surface area contributed by atoms with Gasteiger partial charge in [0.05, 0.1) is 12.0 Å². The highest BCUT2D eigenvalue weighted by Gasteiger charge is 2.24. The monoisotopic (exact) mass is 256 g/mol. The molecule has 0 heterocycles. The van der Waals surface area contributed by atoms with Crippen LogP contribution in [0.15, 0.2) is 18.2 Å². The molecular weight excluding hydrogens is 243 g/mol. The lowest BCUT2D eigenvalue weighted by Gasteiger charge is -2.22. The molecule has 4 heteroatoms. The molecule has 86 valence electrons. The van der Waals surface area contributed by atoms with Crippen LogP contribution in [-0.2, 0) is 0 Å². The first-order valence-corrected chi connectivity index (χ1v) is 5.83. The van der Waals surface area contributed by atoms with E-state index in [9.17, 15) is 0 Å². The minimum Gasteiger partial charge on any atom is -0.323 e. The molecule has 0 bridgehead atoms. The molecule has 0 spiro atoms. The highest BCUT2D eigenvalue weighted by molar-refractivity contribution is 6.35. The molecule has 1 aromatic rings. The predicted molar refractivity (Wildman–Crippen MR) is 67.3 cm³/mol. The van der Waals surface area contributed by atoms with Crippen molar-refractivity contribution < 1.29 is 0 Å². The molecule has 2 atom stereocenters. The van der Waals surface area contributed by atoms with E-state index in [1.54, 1.807) is 18.2 Å². The molecule has 2 unspecified atom stereocenters. The molecular formula is C12H14Cl2N2. The Balaban J connectivity index is 3.05. The largest absolute Gasteiger partial charge is 0.323 e. The highest BCUT2D eigenvalue weighted by Crippen LogP contribution is 2.31. The number of nitrogens with two attached hydrogens (primary N) is 1. The van der Waals surface area contributed by atoms with Gasteiger partial charge >= 0.3 is 0 Å². The summed E-state index contributed by atoms with van der Waals surface area (Å²) < 4.78 is 0. The van der Waals surface area contributed by atoms with Crippen LogP contribution in [0.3, 0.4) is 0 Å². The van der Waals surface area contributed by atoms with E-state index >= 15 is 0 Å². The van der Waals surface area contributed by atoms with Gasteiger partial charge in [0.2, 0.25) is 0 Å². The van der Waals surface area contributed by atoms with Crippen LogP contribution in [0.1, 0.15) is 25.5 Å². The number of nitriles is 1. The van der Waals surface area contributed by atoms with Crippen molar-refractivity contribution in [2.24, 2.45) is 17.6 Å². The Morgan fingerprint density at radius 1 is 1.31 bits per heavy atom. The van der Waals surface area contributed by atoms with Gasteiger partial charge in [0.15, 0.2) is 0 Å². The van der Waals surface area contributed by atoms with Gasteiger partial charge in [-0.05, 0) is 23.6 Å². The summed E-state index contributed by atoms with van der Waals surface area (Å²) in [4.78, 5) is 0. The first kappa shape index (κ1) is 13.3. The summed E-state index contributed by atoms with van der Waals surface area (Å²) in [5.74, 6) is -0.0644. The molecule has 16 heavy (non-hydrogen) atoms. The summed E-state index contributed by atoms with van der Waals surface area (Å²) in [7, 11) is 0. The van der Waals surface area contributed by atoms with Crippen LogP contribution in [0.2, 0.25) is 10.0 Å². The normalized spacial score (nSPS) is 14.6. The molecule has 2 N–H and O–H groups in total. The standard InChI is InChI=1S/C12H14Cl2N2/c1-7(2)10(6-15)12(16)9-4-3-8(13)5-11(9)14/h3-5,7,10,12H,16H2,1-2H3. The SMILES string of the molecule is CC(C)C(C#N)C(N)c1ccc(Cl)cc1Cl. The summed E-state index contributed by atoms with van der Waals surface area (Å²) in [6.45, 7) is 3.94. The van der Waals surface area contributed by atoms with Crippen molar-refractivity contribution in [1.82, 2.24) is 0 Å². The summed E-state index contributed by atoms with van der Waals surface area (Å²) in [5, 5.41) is 10.2. The molecule has 0 saturated heterocycles. The maximum atomic E-state index is 9.07. The van der Waals surface area contributed by atoms with Crippen LogP contribution in [0.5, 0.6) is 0 Å². The third kappa shape index (κ3) is 2.89. The van der Waals surface area contributed by atoms with Gasteiger partial charge in [-0.3, -0.25) is 0 Å². The summed E-state index contributed by atoms with van der Waals surface area (Å²) in [6.07, 6.45) is 0. The van der Waals surface area contributed by atoms with Crippen molar-refractivity contribution in [3.63, 3.8) is 0 Å². The summed E-state index contributed by atoms with van der Waals surface area (Å²) >= 11 is 11.9. The van der Waals surface area contributed by atoms with Crippen molar-refractivity contribution in [2.45, 2.75) is 19.9 Å². The molecule has 0 fully saturated rings. The molecule has 0 aliphatic carbocycles. The Morgan fingerprint density at radius 3 is 2.38 bits per heavy atom. The van der Waals surface area contributed by atoms with E-state index in [-0.39, 0.29) is 17.9 Å². The second-order valence-corrected chi connectivity index (χ2v) is 4.93. The fourth-order valence-corrected chi connectivity index (χ4v) is 2.14. The van der Waals surface area contributed by atoms with Crippen LogP contribution in [0.25, 0.3) is 0 Å². The van der Waals surface area contributed by atoms with Crippen LogP contribution < -0.4 is 5.73 Å². The number of benzene rings is 1.